The average Bonchev–Trinajstić information content (AvgIpc) is 3.30. The van der Waals surface area contributed by atoms with Crippen LogP contribution in [-0.4, -0.2) is 31.1 Å². The van der Waals surface area contributed by atoms with Gasteiger partial charge >= 0.3 is 0 Å². The number of thiazole rings is 1. The first-order chi connectivity index (χ1) is 14.7. The van der Waals surface area contributed by atoms with Crippen LogP contribution < -0.4 is 4.90 Å². The van der Waals surface area contributed by atoms with E-state index in [1.165, 1.54) is 16.9 Å². The predicted molar refractivity (Wildman–Crippen MR) is 126 cm³/mol. The van der Waals surface area contributed by atoms with Gasteiger partial charge in [0.25, 0.3) is 0 Å². The second-order valence-electron chi connectivity index (χ2n) is 8.40. The minimum absolute atomic E-state index is 0.0419. The molecular formula is C24H26N2O3S2. The van der Waals surface area contributed by atoms with Crippen molar-refractivity contribution in [3.63, 3.8) is 0 Å². The van der Waals surface area contributed by atoms with Gasteiger partial charge in [0.1, 0.15) is 10.8 Å². The fourth-order valence-corrected chi connectivity index (χ4v) is 6.14. The summed E-state index contributed by atoms with van der Waals surface area (Å²) in [5.41, 5.74) is 4.59. The second kappa shape index (κ2) is 8.55. The van der Waals surface area contributed by atoms with Crippen molar-refractivity contribution in [2.45, 2.75) is 44.9 Å². The Morgan fingerprint density at radius 1 is 1.16 bits per heavy atom. The van der Waals surface area contributed by atoms with Gasteiger partial charge in [-0.2, -0.15) is 0 Å². The SMILES string of the molecule is CC(C)c1ccc(-c2nc(CS(=O)(=O)CC(=O)N3c4ccccc4CC3C)cs2)cc1. The number of fused-ring (bicyclic) bond motifs is 1. The Morgan fingerprint density at radius 2 is 1.87 bits per heavy atom. The zero-order chi connectivity index (χ0) is 22.2. The number of aromatic nitrogens is 1. The normalized spacial score (nSPS) is 16.0. The molecule has 1 aromatic heterocycles. The average molecular weight is 455 g/mol. The van der Waals surface area contributed by atoms with Gasteiger partial charge in [0.05, 0.1) is 11.4 Å². The number of rotatable bonds is 6. The van der Waals surface area contributed by atoms with Gasteiger partial charge in [0.2, 0.25) is 5.91 Å². The maximum atomic E-state index is 12.9. The summed E-state index contributed by atoms with van der Waals surface area (Å²) in [7, 11) is -3.63. The molecule has 31 heavy (non-hydrogen) atoms. The Kier molecular flexibility index (Phi) is 5.99. The van der Waals surface area contributed by atoms with Crippen molar-refractivity contribution < 1.29 is 13.2 Å². The van der Waals surface area contributed by atoms with Crippen molar-refractivity contribution in [2.24, 2.45) is 0 Å². The number of amides is 1. The topological polar surface area (TPSA) is 67.3 Å². The van der Waals surface area contributed by atoms with E-state index >= 15 is 0 Å². The molecule has 2 aromatic carbocycles. The highest BCUT2D eigenvalue weighted by Gasteiger charge is 2.33. The van der Waals surface area contributed by atoms with Crippen molar-refractivity contribution in [1.29, 1.82) is 0 Å². The van der Waals surface area contributed by atoms with Gasteiger partial charge in [-0.15, -0.1) is 11.3 Å². The Hall–Kier alpha value is -2.51. The smallest absolute Gasteiger partial charge is 0.242 e. The minimum atomic E-state index is -3.63. The fraction of sp³-hybridized carbons (Fsp3) is 0.333. The van der Waals surface area contributed by atoms with Gasteiger partial charge in [-0.1, -0.05) is 56.3 Å². The van der Waals surface area contributed by atoms with Crippen molar-refractivity contribution in [2.75, 3.05) is 10.7 Å². The van der Waals surface area contributed by atoms with Crippen molar-refractivity contribution in [3.05, 3.63) is 70.7 Å². The molecule has 3 aromatic rings. The molecule has 1 aliphatic heterocycles. The molecule has 4 rings (SSSR count). The number of benzene rings is 2. The molecule has 0 spiro atoms. The summed E-state index contributed by atoms with van der Waals surface area (Å²) >= 11 is 1.42. The van der Waals surface area contributed by atoms with Crippen LogP contribution in [0.5, 0.6) is 0 Å². The highest BCUT2D eigenvalue weighted by molar-refractivity contribution is 7.91. The second-order valence-corrected chi connectivity index (χ2v) is 11.3. The first kappa shape index (κ1) is 21.7. The lowest BCUT2D eigenvalue weighted by atomic mass is 10.0. The summed E-state index contributed by atoms with van der Waals surface area (Å²) in [6.07, 6.45) is 0.743. The molecule has 1 atom stereocenters. The molecule has 0 radical (unpaired) electrons. The summed E-state index contributed by atoms with van der Waals surface area (Å²) < 4.78 is 25.5. The van der Waals surface area contributed by atoms with Crippen molar-refractivity contribution >= 4 is 32.8 Å². The monoisotopic (exact) mass is 454 g/mol. The molecule has 5 nitrogen and oxygen atoms in total. The third-order valence-electron chi connectivity index (χ3n) is 5.56. The number of carbonyl (C=O) groups excluding carboxylic acids is 1. The van der Waals surface area contributed by atoms with Crippen LogP contribution >= 0.6 is 11.3 Å². The van der Waals surface area contributed by atoms with Gasteiger partial charge in [0, 0.05) is 22.7 Å². The molecule has 2 heterocycles. The molecular weight excluding hydrogens is 428 g/mol. The molecule has 0 saturated heterocycles. The first-order valence-corrected chi connectivity index (χ1v) is 13.1. The van der Waals surface area contributed by atoms with Gasteiger partial charge in [-0.05, 0) is 36.5 Å². The number of hydrogen-bond donors (Lipinski definition) is 0. The first-order valence-electron chi connectivity index (χ1n) is 10.4. The fourth-order valence-electron chi connectivity index (χ4n) is 4.00. The Labute approximate surface area is 187 Å². The summed E-state index contributed by atoms with van der Waals surface area (Å²) in [5.74, 6) is -0.670. The van der Waals surface area contributed by atoms with Crippen LogP contribution in [-0.2, 0) is 26.8 Å². The lowest BCUT2D eigenvalue weighted by molar-refractivity contribution is -0.116. The Bertz CT molecular complexity index is 1200. The highest BCUT2D eigenvalue weighted by Crippen LogP contribution is 2.32. The van der Waals surface area contributed by atoms with Crippen LogP contribution in [0.2, 0.25) is 0 Å². The van der Waals surface area contributed by atoms with Gasteiger partial charge < -0.3 is 4.90 Å². The molecule has 0 fully saturated rings. The molecule has 1 aliphatic rings. The van der Waals surface area contributed by atoms with Crippen LogP contribution in [0.4, 0.5) is 5.69 Å². The van der Waals surface area contributed by atoms with E-state index in [2.05, 4.69) is 31.0 Å². The molecule has 0 N–H and O–H groups in total. The third-order valence-corrected chi connectivity index (χ3v) is 7.93. The zero-order valence-corrected chi connectivity index (χ0v) is 19.5. The lowest BCUT2D eigenvalue weighted by Crippen LogP contribution is -2.39. The molecule has 1 unspecified atom stereocenters. The quantitative estimate of drug-likeness (QED) is 0.535. The van der Waals surface area contributed by atoms with Crippen LogP contribution in [0, 0.1) is 0 Å². The van der Waals surface area contributed by atoms with E-state index in [1.54, 1.807) is 10.3 Å². The van der Waals surface area contributed by atoms with Crippen LogP contribution in [0.3, 0.4) is 0 Å². The highest BCUT2D eigenvalue weighted by atomic mass is 32.2. The van der Waals surface area contributed by atoms with Crippen LogP contribution in [0.15, 0.2) is 53.9 Å². The van der Waals surface area contributed by atoms with E-state index in [0.29, 0.717) is 11.6 Å². The molecule has 0 aliphatic carbocycles. The number of anilines is 1. The summed E-state index contributed by atoms with van der Waals surface area (Å²) in [4.78, 5) is 19.0. The standard InChI is InChI=1S/C24H26N2O3S2/c1-16(2)18-8-10-19(11-9-18)24-25-21(13-30-24)14-31(28,29)15-23(27)26-17(3)12-20-6-4-5-7-22(20)26/h4-11,13,16-17H,12,14-15H2,1-3H3. The van der Waals surface area contributed by atoms with Crippen molar-refractivity contribution in [1.82, 2.24) is 4.98 Å². The van der Waals surface area contributed by atoms with E-state index in [4.69, 9.17) is 0 Å². The maximum Gasteiger partial charge on any atom is 0.242 e. The van der Waals surface area contributed by atoms with Gasteiger partial charge in [0.15, 0.2) is 9.84 Å². The van der Waals surface area contributed by atoms with Gasteiger partial charge in [-0.25, -0.2) is 13.4 Å². The number of sulfone groups is 1. The Balaban J connectivity index is 1.45. The number of para-hydroxylation sites is 1. The number of nitrogens with zero attached hydrogens (tertiary/aromatic N) is 2. The van der Waals surface area contributed by atoms with Crippen LogP contribution in [0.1, 0.15) is 43.5 Å². The zero-order valence-electron chi connectivity index (χ0n) is 17.9. The van der Waals surface area contributed by atoms with E-state index < -0.39 is 15.6 Å². The molecule has 162 valence electrons. The molecule has 1 amide bonds. The van der Waals surface area contributed by atoms with Crippen molar-refractivity contribution in [3.8, 4) is 10.6 Å². The predicted octanol–water partition coefficient (Wildman–Crippen LogP) is 4.83. The Morgan fingerprint density at radius 3 is 2.58 bits per heavy atom. The number of carbonyl (C=O) groups is 1. The molecule has 0 saturated carbocycles. The lowest BCUT2D eigenvalue weighted by Gasteiger charge is -2.22. The minimum Gasteiger partial charge on any atom is -0.308 e. The van der Waals surface area contributed by atoms with Crippen LogP contribution in [0.25, 0.3) is 10.6 Å². The van der Waals surface area contributed by atoms with E-state index in [-0.39, 0.29) is 17.7 Å². The summed E-state index contributed by atoms with van der Waals surface area (Å²) in [6.45, 7) is 6.23. The summed E-state index contributed by atoms with van der Waals surface area (Å²) in [6, 6.07) is 15.8. The van der Waals surface area contributed by atoms with E-state index in [1.807, 2.05) is 43.3 Å². The molecule has 7 heteroatoms. The largest absolute Gasteiger partial charge is 0.308 e. The van der Waals surface area contributed by atoms with E-state index in [0.717, 1.165) is 28.2 Å². The number of hydrogen-bond acceptors (Lipinski definition) is 5. The van der Waals surface area contributed by atoms with Gasteiger partial charge in [-0.3, -0.25) is 4.79 Å². The van der Waals surface area contributed by atoms with E-state index in [9.17, 15) is 13.2 Å². The third kappa shape index (κ3) is 4.72. The molecule has 0 bridgehead atoms. The maximum absolute atomic E-state index is 12.9. The summed E-state index contributed by atoms with van der Waals surface area (Å²) in [5, 5.41) is 2.55.